The lowest BCUT2D eigenvalue weighted by molar-refractivity contribution is -0.0262. The van der Waals surface area contributed by atoms with Gasteiger partial charge in [0.1, 0.15) is 0 Å². The summed E-state index contributed by atoms with van der Waals surface area (Å²) < 4.78 is 0. The van der Waals surface area contributed by atoms with E-state index in [0.717, 1.165) is 6.54 Å². The lowest BCUT2D eigenvalue weighted by Gasteiger charge is -2.55. The van der Waals surface area contributed by atoms with Gasteiger partial charge in [-0.3, -0.25) is 9.80 Å². The van der Waals surface area contributed by atoms with Crippen LogP contribution in [0.15, 0.2) is 0 Å². The minimum atomic E-state index is 0.0877. The third-order valence-electron chi connectivity index (χ3n) is 8.04. The fourth-order valence-corrected chi connectivity index (χ4v) is 5.99. The summed E-state index contributed by atoms with van der Waals surface area (Å²) in [5.74, 6) is 0. The maximum Gasteiger partial charge on any atom is 0.0252 e. The van der Waals surface area contributed by atoms with Gasteiger partial charge in [-0.1, -0.05) is 0 Å². The first kappa shape index (κ1) is 24.1. The number of likely N-dealkylation sites (tertiary alicyclic amines) is 2. The van der Waals surface area contributed by atoms with Crippen molar-refractivity contribution in [3.63, 3.8) is 0 Å². The smallest absolute Gasteiger partial charge is 0.0252 e. The fourth-order valence-electron chi connectivity index (χ4n) is 5.99. The average molecular weight is 395 g/mol. The van der Waals surface area contributed by atoms with Gasteiger partial charge in [0, 0.05) is 46.3 Å². The molecule has 2 saturated heterocycles. The van der Waals surface area contributed by atoms with Crippen LogP contribution in [-0.4, -0.2) is 70.2 Å². The lowest BCUT2D eigenvalue weighted by Crippen LogP contribution is -2.66. The van der Waals surface area contributed by atoms with E-state index in [0.29, 0.717) is 12.1 Å². The molecule has 0 aromatic rings. The van der Waals surface area contributed by atoms with Crippen molar-refractivity contribution >= 4 is 0 Å². The summed E-state index contributed by atoms with van der Waals surface area (Å²) in [4.78, 5) is 5.12. The summed E-state index contributed by atoms with van der Waals surface area (Å²) in [5, 5.41) is 7.95. The molecule has 2 heterocycles. The Kier molecular flexibility index (Phi) is 6.47. The van der Waals surface area contributed by atoms with Crippen LogP contribution >= 0.6 is 0 Å². The third kappa shape index (κ3) is 5.30. The molecule has 0 aromatic heterocycles. The molecule has 0 aromatic carbocycles. The number of piperidine rings is 2. The first-order valence-corrected chi connectivity index (χ1v) is 11.4. The van der Waals surface area contributed by atoms with Gasteiger partial charge < -0.3 is 10.6 Å². The summed E-state index contributed by atoms with van der Waals surface area (Å²) in [6.45, 7) is 24.8. The molecule has 0 radical (unpaired) electrons. The zero-order valence-electron chi connectivity index (χ0n) is 21.1. The van der Waals surface area contributed by atoms with Crippen LogP contribution in [0, 0.1) is 0 Å². The van der Waals surface area contributed by atoms with E-state index in [9.17, 15) is 0 Å². The third-order valence-corrected chi connectivity index (χ3v) is 8.04. The highest BCUT2D eigenvalue weighted by atomic mass is 15.3. The molecule has 4 heteroatoms. The molecule has 2 rings (SSSR count). The molecule has 2 aliphatic rings. The van der Waals surface area contributed by atoms with Crippen molar-refractivity contribution < 1.29 is 0 Å². The Balaban J connectivity index is 1.97. The Labute approximate surface area is 176 Å². The largest absolute Gasteiger partial charge is 0.312 e. The van der Waals surface area contributed by atoms with Gasteiger partial charge in [-0.05, 0) is 109 Å². The molecular weight excluding hydrogens is 344 g/mol. The van der Waals surface area contributed by atoms with Crippen molar-refractivity contribution in [3.05, 3.63) is 0 Å². The topological polar surface area (TPSA) is 30.5 Å². The van der Waals surface area contributed by atoms with Crippen LogP contribution in [0.1, 0.15) is 94.9 Å². The van der Waals surface area contributed by atoms with Gasteiger partial charge in [-0.25, -0.2) is 0 Å². The second-order valence-corrected chi connectivity index (χ2v) is 13.0. The first-order chi connectivity index (χ1) is 12.4. The van der Waals surface area contributed by atoms with Crippen molar-refractivity contribution in [1.82, 2.24) is 20.4 Å². The molecule has 0 atom stereocenters. The number of nitrogens with one attached hydrogen (secondary N) is 2. The lowest BCUT2D eigenvalue weighted by atomic mass is 9.76. The second kappa shape index (κ2) is 7.51. The quantitative estimate of drug-likeness (QED) is 0.730. The molecule has 0 aliphatic carbocycles. The SMILES string of the molecule is CN1C(C)(C)CC(NCC(C)(C)NC2CC(C)(C)N(C)C(C)(C)C2)CC1(C)C. The van der Waals surface area contributed by atoms with Crippen molar-refractivity contribution in [3.8, 4) is 0 Å². The van der Waals surface area contributed by atoms with E-state index in [1.165, 1.54) is 25.7 Å². The minimum Gasteiger partial charge on any atom is -0.312 e. The zero-order valence-corrected chi connectivity index (χ0v) is 21.1. The summed E-state index contributed by atoms with van der Waals surface area (Å²) in [5.41, 5.74) is 1.01. The van der Waals surface area contributed by atoms with Crippen LogP contribution in [0.3, 0.4) is 0 Å². The normalized spacial score (nSPS) is 29.1. The van der Waals surface area contributed by atoms with E-state index >= 15 is 0 Å². The number of rotatable bonds is 5. The number of hydrogen-bond donors (Lipinski definition) is 2. The maximum atomic E-state index is 4.02. The van der Waals surface area contributed by atoms with Gasteiger partial charge >= 0.3 is 0 Å². The van der Waals surface area contributed by atoms with Gasteiger partial charge in [0.15, 0.2) is 0 Å². The molecule has 0 saturated carbocycles. The average Bonchev–Trinajstić information content (AvgIpc) is 2.47. The Morgan fingerprint density at radius 1 is 0.679 bits per heavy atom. The highest BCUT2D eigenvalue weighted by Crippen LogP contribution is 2.38. The Morgan fingerprint density at radius 2 is 1.00 bits per heavy atom. The van der Waals surface area contributed by atoms with Crippen molar-refractivity contribution in [1.29, 1.82) is 0 Å². The van der Waals surface area contributed by atoms with Crippen LogP contribution in [0.5, 0.6) is 0 Å². The Bertz CT molecular complexity index is 511. The predicted octanol–water partition coefficient (Wildman–Crippen LogP) is 4.25. The molecule has 0 unspecified atom stereocenters. The summed E-state index contributed by atoms with van der Waals surface area (Å²) in [6, 6.07) is 1.14. The molecule has 0 bridgehead atoms. The Hall–Kier alpha value is -0.160. The van der Waals surface area contributed by atoms with Crippen LogP contribution in [0.4, 0.5) is 0 Å². The van der Waals surface area contributed by atoms with Gasteiger partial charge in [0.05, 0.1) is 0 Å². The minimum absolute atomic E-state index is 0.0877. The van der Waals surface area contributed by atoms with E-state index in [1.54, 1.807) is 0 Å². The molecule has 2 N–H and O–H groups in total. The van der Waals surface area contributed by atoms with Gasteiger partial charge in [0.2, 0.25) is 0 Å². The van der Waals surface area contributed by atoms with E-state index in [2.05, 4.69) is 104 Å². The highest BCUT2D eigenvalue weighted by Gasteiger charge is 2.45. The monoisotopic (exact) mass is 394 g/mol. The summed E-state index contributed by atoms with van der Waals surface area (Å²) >= 11 is 0. The van der Waals surface area contributed by atoms with E-state index in [1.807, 2.05) is 0 Å². The molecule has 2 fully saturated rings. The van der Waals surface area contributed by atoms with Crippen LogP contribution in [-0.2, 0) is 0 Å². The molecule has 4 nitrogen and oxygen atoms in total. The fraction of sp³-hybridized carbons (Fsp3) is 1.00. The molecule has 0 amide bonds. The number of hydrogen-bond acceptors (Lipinski definition) is 4. The maximum absolute atomic E-state index is 4.02. The van der Waals surface area contributed by atoms with Crippen LogP contribution < -0.4 is 10.6 Å². The summed E-state index contributed by atoms with van der Waals surface area (Å²) in [6.07, 6.45) is 4.81. The molecule has 0 spiro atoms. The van der Waals surface area contributed by atoms with Crippen molar-refractivity contribution in [2.24, 2.45) is 0 Å². The van der Waals surface area contributed by atoms with E-state index in [4.69, 9.17) is 0 Å². The number of nitrogens with zero attached hydrogens (tertiary/aromatic N) is 2. The second-order valence-electron chi connectivity index (χ2n) is 13.0. The highest BCUT2D eigenvalue weighted by molar-refractivity contribution is 5.04. The van der Waals surface area contributed by atoms with Crippen LogP contribution in [0.2, 0.25) is 0 Å². The van der Waals surface area contributed by atoms with Gasteiger partial charge in [-0.2, -0.15) is 0 Å². The molecular formula is C24H50N4. The van der Waals surface area contributed by atoms with E-state index in [-0.39, 0.29) is 27.7 Å². The molecule has 28 heavy (non-hydrogen) atoms. The van der Waals surface area contributed by atoms with Crippen molar-refractivity contribution in [2.75, 3.05) is 20.6 Å². The standard InChI is InChI=1S/C24H50N4/c1-20(2,26-19-15-23(7,8)28(12)24(9,10)16-19)17-25-18-13-21(3,4)27(11)22(5,6)14-18/h18-19,25-26H,13-17H2,1-12H3. The first-order valence-electron chi connectivity index (χ1n) is 11.4. The Morgan fingerprint density at radius 3 is 1.36 bits per heavy atom. The summed E-state index contributed by atoms with van der Waals surface area (Å²) in [7, 11) is 4.57. The van der Waals surface area contributed by atoms with E-state index < -0.39 is 0 Å². The van der Waals surface area contributed by atoms with Crippen molar-refractivity contribution in [2.45, 2.75) is 135 Å². The van der Waals surface area contributed by atoms with Crippen LogP contribution in [0.25, 0.3) is 0 Å². The zero-order chi connectivity index (χ0) is 21.8. The predicted molar refractivity (Wildman–Crippen MR) is 123 cm³/mol. The molecule has 2 aliphatic heterocycles. The van der Waals surface area contributed by atoms with Gasteiger partial charge in [-0.15, -0.1) is 0 Å². The molecule has 166 valence electrons. The van der Waals surface area contributed by atoms with Gasteiger partial charge in [0.25, 0.3) is 0 Å².